The van der Waals surface area contributed by atoms with Crippen LogP contribution in [0, 0.1) is 0 Å². The largest absolute Gasteiger partial charge is 0.364 e. The molecule has 1 aliphatic carbocycles. The van der Waals surface area contributed by atoms with Gasteiger partial charge in [0.2, 0.25) is 5.28 Å². The summed E-state index contributed by atoms with van der Waals surface area (Å²) in [6, 6.07) is 5.85. The molecular formula is C17H16Cl3N5. The second kappa shape index (κ2) is 6.98. The highest BCUT2D eigenvalue weighted by atomic mass is 35.5. The third-order valence-electron chi connectivity index (χ3n) is 4.57. The van der Waals surface area contributed by atoms with Crippen molar-refractivity contribution in [3.05, 3.63) is 45.4 Å². The summed E-state index contributed by atoms with van der Waals surface area (Å²) < 4.78 is 2.12. The van der Waals surface area contributed by atoms with Crippen LogP contribution in [0.5, 0.6) is 0 Å². The number of nitrogens with zero attached hydrogens (tertiary/aromatic N) is 4. The van der Waals surface area contributed by atoms with Crippen molar-refractivity contribution in [2.24, 2.45) is 0 Å². The van der Waals surface area contributed by atoms with Crippen LogP contribution in [0.3, 0.4) is 0 Å². The monoisotopic (exact) mass is 395 g/mol. The Morgan fingerprint density at radius 2 is 1.92 bits per heavy atom. The third-order valence-corrected chi connectivity index (χ3v) is 5.33. The Labute approximate surface area is 160 Å². The molecule has 0 amide bonds. The van der Waals surface area contributed by atoms with Crippen LogP contribution in [0.15, 0.2) is 24.5 Å². The molecule has 5 nitrogen and oxygen atoms in total. The van der Waals surface area contributed by atoms with E-state index in [0.29, 0.717) is 28.4 Å². The zero-order chi connectivity index (χ0) is 17.4. The van der Waals surface area contributed by atoms with Gasteiger partial charge in [0.15, 0.2) is 17.0 Å². The lowest BCUT2D eigenvalue weighted by Crippen LogP contribution is -2.06. The van der Waals surface area contributed by atoms with Crippen molar-refractivity contribution in [3.63, 3.8) is 0 Å². The van der Waals surface area contributed by atoms with Crippen LogP contribution in [0.1, 0.15) is 37.3 Å². The second-order valence-electron chi connectivity index (χ2n) is 6.19. The third kappa shape index (κ3) is 3.41. The highest BCUT2D eigenvalue weighted by Crippen LogP contribution is 2.33. The van der Waals surface area contributed by atoms with Gasteiger partial charge in [-0.3, -0.25) is 0 Å². The quantitative estimate of drug-likeness (QED) is 0.590. The Morgan fingerprint density at radius 1 is 1.12 bits per heavy atom. The van der Waals surface area contributed by atoms with Crippen LogP contribution in [-0.4, -0.2) is 19.5 Å². The molecule has 130 valence electrons. The summed E-state index contributed by atoms with van der Waals surface area (Å²) in [5.74, 6) is 0.609. The van der Waals surface area contributed by atoms with Gasteiger partial charge in [-0.25, -0.2) is 4.98 Å². The molecule has 2 aromatic heterocycles. The summed E-state index contributed by atoms with van der Waals surface area (Å²) in [5, 5.41) is 4.69. The number of hydrogen-bond acceptors (Lipinski definition) is 4. The molecule has 4 rings (SSSR count). The number of anilines is 1. The lowest BCUT2D eigenvalue weighted by atomic mass is 10.2. The molecule has 0 atom stereocenters. The summed E-state index contributed by atoms with van der Waals surface area (Å²) >= 11 is 18.3. The predicted octanol–water partition coefficient (Wildman–Crippen LogP) is 5.51. The Bertz CT molecular complexity index is 918. The van der Waals surface area contributed by atoms with E-state index in [2.05, 4.69) is 24.8 Å². The highest BCUT2D eigenvalue weighted by Gasteiger charge is 2.21. The fraction of sp³-hybridized carbons (Fsp3) is 0.353. The number of rotatable bonds is 4. The average molecular weight is 397 g/mol. The normalized spacial score (nSPS) is 15.2. The van der Waals surface area contributed by atoms with Crippen molar-refractivity contribution in [1.29, 1.82) is 0 Å². The van der Waals surface area contributed by atoms with Crippen molar-refractivity contribution in [3.8, 4) is 0 Å². The van der Waals surface area contributed by atoms with E-state index in [1.165, 1.54) is 12.8 Å². The summed E-state index contributed by atoms with van der Waals surface area (Å²) in [4.78, 5) is 13.2. The van der Waals surface area contributed by atoms with Crippen molar-refractivity contribution in [2.75, 3.05) is 5.32 Å². The lowest BCUT2D eigenvalue weighted by molar-refractivity contribution is 0.529. The molecule has 0 bridgehead atoms. The fourth-order valence-corrected chi connectivity index (χ4v) is 3.95. The lowest BCUT2D eigenvalue weighted by Gasteiger charge is -2.12. The maximum absolute atomic E-state index is 6.23. The Hall–Kier alpha value is -1.56. The van der Waals surface area contributed by atoms with Gasteiger partial charge in [0.1, 0.15) is 0 Å². The Morgan fingerprint density at radius 3 is 2.68 bits per heavy atom. The minimum Gasteiger partial charge on any atom is -0.364 e. The standard InChI is InChI=1S/C17H16Cl3N5/c18-11-6-5-10(13(19)7-11)8-21-15-14-16(24-17(20)23-15)25(9-22-14)12-3-1-2-4-12/h5-7,9,12H,1-4,8H2,(H,21,23,24). The van der Waals surface area contributed by atoms with Gasteiger partial charge in [-0.15, -0.1) is 0 Å². The van der Waals surface area contributed by atoms with Crippen LogP contribution in [0.2, 0.25) is 15.3 Å². The molecule has 0 unspecified atom stereocenters. The molecule has 3 aromatic rings. The molecule has 8 heteroatoms. The highest BCUT2D eigenvalue weighted by molar-refractivity contribution is 6.35. The van der Waals surface area contributed by atoms with Crippen LogP contribution >= 0.6 is 34.8 Å². The second-order valence-corrected chi connectivity index (χ2v) is 7.37. The van der Waals surface area contributed by atoms with Gasteiger partial charge in [-0.2, -0.15) is 9.97 Å². The maximum atomic E-state index is 6.23. The van der Waals surface area contributed by atoms with E-state index in [0.717, 1.165) is 29.6 Å². The zero-order valence-corrected chi connectivity index (χ0v) is 15.6. The van der Waals surface area contributed by atoms with Crippen molar-refractivity contribution in [1.82, 2.24) is 19.5 Å². The average Bonchev–Trinajstić information content (AvgIpc) is 3.22. The number of benzene rings is 1. The molecule has 1 fully saturated rings. The minimum absolute atomic E-state index is 0.206. The topological polar surface area (TPSA) is 55.6 Å². The van der Waals surface area contributed by atoms with Crippen LogP contribution < -0.4 is 5.32 Å². The number of nitrogens with one attached hydrogen (secondary N) is 1. The van der Waals surface area contributed by atoms with E-state index in [1.54, 1.807) is 6.07 Å². The van der Waals surface area contributed by atoms with Crippen molar-refractivity contribution in [2.45, 2.75) is 38.3 Å². The van der Waals surface area contributed by atoms with Gasteiger partial charge in [0, 0.05) is 22.6 Å². The molecule has 1 saturated carbocycles. The van der Waals surface area contributed by atoms with Crippen molar-refractivity contribution >= 4 is 51.8 Å². The van der Waals surface area contributed by atoms with E-state index >= 15 is 0 Å². The zero-order valence-electron chi connectivity index (χ0n) is 13.3. The summed E-state index contributed by atoms with van der Waals surface area (Å²) in [5.41, 5.74) is 2.42. The minimum atomic E-state index is 0.206. The van der Waals surface area contributed by atoms with Gasteiger partial charge < -0.3 is 9.88 Å². The van der Waals surface area contributed by atoms with Crippen LogP contribution in [-0.2, 0) is 6.54 Å². The molecular weight excluding hydrogens is 381 g/mol. The van der Waals surface area contributed by atoms with E-state index in [4.69, 9.17) is 34.8 Å². The molecule has 1 aromatic carbocycles. The van der Waals surface area contributed by atoms with E-state index in [1.807, 2.05) is 18.5 Å². The number of fused-ring (bicyclic) bond motifs is 1. The van der Waals surface area contributed by atoms with Crippen LogP contribution in [0.25, 0.3) is 11.2 Å². The maximum Gasteiger partial charge on any atom is 0.226 e. The number of imidazole rings is 1. The number of halogens is 3. The summed E-state index contributed by atoms with van der Waals surface area (Å²) in [6.07, 6.45) is 6.62. The number of aromatic nitrogens is 4. The van der Waals surface area contributed by atoms with Gasteiger partial charge in [0.25, 0.3) is 0 Å². The van der Waals surface area contributed by atoms with Gasteiger partial charge in [0.05, 0.1) is 6.33 Å². The molecule has 0 spiro atoms. The summed E-state index contributed by atoms with van der Waals surface area (Å²) in [7, 11) is 0. The van der Waals surface area contributed by atoms with Gasteiger partial charge >= 0.3 is 0 Å². The van der Waals surface area contributed by atoms with Gasteiger partial charge in [-0.05, 0) is 42.1 Å². The molecule has 0 saturated heterocycles. The molecule has 1 N–H and O–H groups in total. The fourth-order valence-electron chi connectivity index (χ4n) is 3.31. The first kappa shape index (κ1) is 16.9. The Kier molecular flexibility index (Phi) is 4.71. The molecule has 0 aliphatic heterocycles. The number of hydrogen-bond donors (Lipinski definition) is 1. The molecule has 0 radical (unpaired) electrons. The van der Waals surface area contributed by atoms with Gasteiger partial charge in [-0.1, -0.05) is 42.1 Å². The Balaban J connectivity index is 1.65. The van der Waals surface area contributed by atoms with Crippen molar-refractivity contribution < 1.29 is 0 Å². The first-order chi connectivity index (χ1) is 12.1. The molecule has 1 aliphatic rings. The van der Waals surface area contributed by atoms with Crippen LogP contribution in [0.4, 0.5) is 5.82 Å². The van der Waals surface area contributed by atoms with E-state index < -0.39 is 0 Å². The summed E-state index contributed by atoms with van der Waals surface area (Å²) in [6.45, 7) is 0.495. The smallest absolute Gasteiger partial charge is 0.226 e. The van der Waals surface area contributed by atoms with E-state index in [9.17, 15) is 0 Å². The predicted molar refractivity (Wildman–Crippen MR) is 102 cm³/mol. The first-order valence-corrected chi connectivity index (χ1v) is 9.33. The first-order valence-electron chi connectivity index (χ1n) is 8.19. The van der Waals surface area contributed by atoms with E-state index in [-0.39, 0.29) is 5.28 Å². The molecule has 25 heavy (non-hydrogen) atoms. The molecule has 2 heterocycles. The SMILES string of the molecule is Clc1ccc(CNc2nc(Cl)nc3c2ncn3C2CCCC2)c(Cl)c1.